The molecule has 1 aliphatic rings. The second-order valence-electron chi connectivity index (χ2n) is 4.22. The maximum Gasteiger partial charge on any atom is 0.145 e. The number of H-pyrrole nitrogens is 1. The minimum absolute atomic E-state index is 0.498. The average Bonchev–Trinajstić information content (AvgIpc) is 3.01. The number of hydrogen-bond donors (Lipinski definition) is 2. The van der Waals surface area contributed by atoms with Crippen LogP contribution in [0.1, 0.15) is 24.3 Å². The summed E-state index contributed by atoms with van der Waals surface area (Å²) in [6.07, 6.45) is 2.52. The molecule has 0 amide bonds. The number of anilines is 1. The Bertz CT molecular complexity index is 529. The van der Waals surface area contributed by atoms with E-state index in [1.165, 1.54) is 18.4 Å². The van der Waals surface area contributed by atoms with Crippen molar-refractivity contribution in [2.75, 3.05) is 5.73 Å². The molecule has 4 heteroatoms. The van der Waals surface area contributed by atoms with Crippen molar-refractivity contribution < 1.29 is 0 Å². The number of halogens is 1. The van der Waals surface area contributed by atoms with E-state index >= 15 is 0 Å². The second kappa shape index (κ2) is 3.52. The normalized spacial score (nSPS) is 15.3. The fourth-order valence-corrected chi connectivity index (χ4v) is 2.24. The molecule has 3 N–H and O–H groups in total. The van der Waals surface area contributed by atoms with Crippen LogP contribution in [0, 0.1) is 0 Å². The van der Waals surface area contributed by atoms with Crippen LogP contribution in [0.2, 0.25) is 5.02 Å². The lowest BCUT2D eigenvalue weighted by Crippen LogP contribution is -1.84. The third-order valence-corrected chi connectivity index (χ3v) is 3.25. The minimum Gasteiger partial charge on any atom is -0.382 e. The third kappa shape index (κ3) is 1.67. The highest BCUT2D eigenvalue weighted by atomic mass is 35.5. The van der Waals surface area contributed by atoms with Crippen LogP contribution in [0.5, 0.6) is 0 Å². The molecular formula is C12H12ClN3. The quantitative estimate of drug-likeness (QED) is 0.837. The summed E-state index contributed by atoms with van der Waals surface area (Å²) in [6, 6.07) is 7.95. The zero-order valence-electron chi connectivity index (χ0n) is 8.70. The van der Waals surface area contributed by atoms with Crippen LogP contribution < -0.4 is 5.73 Å². The Morgan fingerprint density at radius 3 is 2.69 bits per heavy atom. The van der Waals surface area contributed by atoms with Crippen molar-refractivity contribution in [1.29, 1.82) is 0 Å². The zero-order valence-corrected chi connectivity index (χ0v) is 9.46. The predicted octanol–water partition coefficient (Wildman–Crippen LogP) is 3.19. The van der Waals surface area contributed by atoms with Crippen LogP contribution in [0.4, 0.5) is 5.82 Å². The lowest BCUT2D eigenvalue weighted by atomic mass is 10.1. The second-order valence-corrected chi connectivity index (χ2v) is 4.62. The first-order chi connectivity index (χ1) is 7.74. The lowest BCUT2D eigenvalue weighted by molar-refractivity contribution is 1.10. The molecule has 0 spiro atoms. The molecular weight excluding hydrogens is 222 g/mol. The van der Waals surface area contributed by atoms with E-state index in [0.717, 1.165) is 16.3 Å². The van der Waals surface area contributed by atoms with Crippen molar-refractivity contribution >= 4 is 17.4 Å². The van der Waals surface area contributed by atoms with Gasteiger partial charge in [-0.1, -0.05) is 23.7 Å². The highest BCUT2D eigenvalue weighted by Crippen LogP contribution is 2.43. The molecule has 82 valence electrons. The van der Waals surface area contributed by atoms with E-state index < -0.39 is 0 Å². The number of nitrogen functional groups attached to an aromatic ring is 1. The Morgan fingerprint density at radius 1 is 1.31 bits per heavy atom. The number of benzene rings is 1. The first-order valence-corrected chi connectivity index (χ1v) is 5.72. The summed E-state index contributed by atoms with van der Waals surface area (Å²) >= 11 is 6.26. The van der Waals surface area contributed by atoms with Gasteiger partial charge in [0.2, 0.25) is 0 Å². The first kappa shape index (κ1) is 9.73. The number of nitrogens with zero attached hydrogens (tertiary/aromatic N) is 1. The van der Waals surface area contributed by atoms with E-state index in [9.17, 15) is 0 Å². The predicted molar refractivity (Wildman–Crippen MR) is 65.4 cm³/mol. The van der Waals surface area contributed by atoms with Gasteiger partial charge >= 0.3 is 0 Å². The van der Waals surface area contributed by atoms with E-state index in [-0.39, 0.29) is 0 Å². The van der Waals surface area contributed by atoms with Crippen LogP contribution in [0.15, 0.2) is 24.3 Å². The smallest absolute Gasteiger partial charge is 0.145 e. The summed E-state index contributed by atoms with van der Waals surface area (Å²) in [5.74, 6) is 1.17. The average molecular weight is 234 g/mol. The van der Waals surface area contributed by atoms with Gasteiger partial charge in [0, 0.05) is 16.7 Å². The molecule has 0 bridgehead atoms. The Kier molecular flexibility index (Phi) is 2.14. The number of nitrogens with two attached hydrogens (primary N) is 1. The molecule has 1 aromatic carbocycles. The third-order valence-electron chi connectivity index (χ3n) is 2.93. The fourth-order valence-electron chi connectivity index (χ4n) is 1.91. The first-order valence-electron chi connectivity index (χ1n) is 5.35. The molecule has 0 radical (unpaired) electrons. The van der Waals surface area contributed by atoms with Crippen LogP contribution >= 0.6 is 11.6 Å². The molecule has 2 aromatic rings. The number of aromatic amines is 1. The molecule has 0 unspecified atom stereocenters. The van der Waals surface area contributed by atoms with Gasteiger partial charge in [-0.15, -0.1) is 0 Å². The van der Waals surface area contributed by atoms with E-state index in [0.29, 0.717) is 11.7 Å². The highest BCUT2D eigenvalue weighted by molar-refractivity contribution is 6.31. The Hall–Kier alpha value is -1.48. The lowest BCUT2D eigenvalue weighted by Gasteiger charge is -2.04. The molecule has 3 nitrogen and oxygen atoms in total. The maximum atomic E-state index is 6.26. The number of aromatic nitrogens is 2. The Morgan fingerprint density at radius 2 is 2.12 bits per heavy atom. The number of hydrogen-bond acceptors (Lipinski definition) is 2. The molecule has 16 heavy (non-hydrogen) atoms. The van der Waals surface area contributed by atoms with Crippen molar-refractivity contribution in [3.63, 3.8) is 0 Å². The SMILES string of the molecule is Nc1cc(-c2ccc(C3CC3)c(Cl)c2)[nH]n1. The van der Waals surface area contributed by atoms with Gasteiger partial charge in [0.1, 0.15) is 5.82 Å². The summed E-state index contributed by atoms with van der Waals surface area (Å²) in [6.45, 7) is 0. The van der Waals surface area contributed by atoms with Gasteiger partial charge in [-0.05, 0) is 30.4 Å². The van der Waals surface area contributed by atoms with Crippen molar-refractivity contribution in [2.24, 2.45) is 0 Å². The summed E-state index contributed by atoms with van der Waals surface area (Å²) in [5.41, 5.74) is 8.76. The molecule has 0 saturated heterocycles. The van der Waals surface area contributed by atoms with Crippen molar-refractivity contribution in [2.45, 2.75) is 18.8 Å². The molecule has 3 rings (SSSR count). The van der Waals surface area contributed by atoms with E-state index in [1.54, 1.807) is 0 Å². The Balaban J connectivity index is 1.99. The van der Waals surface area contributed by atoms with Gasteiger partial charge in [-0.3, -0.25) is 5.10 Å². The van der Waals surface area contributed by atoms with Crippen LogP contribution in [-0.2, 0) is 0 Å². The van der Waals surface area contributed by atoms with E-state index in [2.05, 4.69) is 22.3 Å². The summed E-state index contributed by atoms with van der Waals surface area (Å²) in [7, 11) is 0. The number of rotatable bonds is 2. The summed E-state index contributed by atoms with van der Waals surface area (Å²) in [5, 5.41) is 7.62. The fraction of sp³-hybridized carbons (Fsp3) is 0.250. The van der Waals surface area contributed by atoms with Crippen molar-refractivity contribution in [3.05, 3.63) is 34.9 Å². The molecule has 1 heterocycles. The topological polar surface area (TPSA) is 54.7 Å². The number of nitrogens with one attached hydrogen (secondary N) is 1. The summed E-state index contributed by atoms with van der Waals surface area (Å²) < 4.78 is 0. The Labute approximate surface area is 98.6 Å². The van der Waals surface area contributed by atoms with Gasteiger partial charge < -0.3 is 5.73 Å². The summed E-state index contributed by atoms with van der Waals surface area (Å²) in [4.78, 5) is 0. The van der Waals surface area contributed by atoms with Gasteiger partial charge in [-0.25, -0.2) is 0 Å². The molecule has 1 aliphatic carbocycles. The maximum absolute atomic E-state index is 6.26. The standard InChI is InChI=1S/C12H12ClN3/c13-10-5-8(11-6-12(14)16-15-11)3-4-9(10)7-1-2-7/h3-7H,1-2H2,(H3,14,15,16). The van der Waals surface area contributed by atoms with Crippen LogP contribution in [-0.4, -0.2) is 10.2 Å². The van der Waals surface area contributed by atoms with Gasteiger partial charge in [-0.2, -0.15) is 5.10 Å². The van der Waals surface area contributed by atoms with Crippen molar-refractivity contribution in [1.82, 2.24) is 10.2 Å². The zero-order chi connectivity index (χ0) is 11.1. The molecule has 1 saturated carbocycles. The molecule has 0 atom stereocenters. The minimum atomic E-state index is 0.498. The van der Waals surface area contributed by atoms with Crippen molar-refractivity contribution in [3.8, 4) is 11.3 Å². The van der Waals surface area contributed by atoms with Gasteiger partial charge in [0.15, 0.2) is 0 Å². The van der Waals surface area contributed by atoms with Crippen LogP contribution in [0.25, 0.3) is 11.3 Å². The molecule has 1 aromatic heterocycles. The van der Waals surface area contributed by atoms with E-state index in [4.69, 9.17) is 17.3 Å². The highest BCUT2D eigenvalue weighted by Gasteiger charge is 2.25. The molecule has 1 fully saturated rings. The van der Waals surface area contributed by atoms with Gasteiger partial charge in [0.25, 0.3) is 0 Å². The van der Waals surface area contributed by atoms with Crippen LogP contribution in [0.3, 0.4) is 0 Å². The van der Waals surface area contributed by atoms with Gasteiger partial charge in [0.05, 0.1) is 5.69 Å². The van der Waals surface area contributed by atoms with E-state index in [1.807, 2.05) is 12.1 Å². The molecule has 0 aliphatic heterocycles. The largest absolute Gasteiger partial charge is 0.382 e. The monoisotopic (exact) mass is 233 g/mol.